The molecule has 1 saturated heterocycles. The fraction of sp³-hybridized carbons (Fsp3) is 0.400. The largest absolute Gasteiger partial charge is 0.462 e. The van der Waals surface area contributed by atoms with E-state index in [-0.39, 0.29) is 24.3 Å². The molecule has 0 atom stereocenters. The molecule has 0 spiro atoms. The SMILES string of the molecule is CCOC(=O)c1c(-c2ccc(Cl)cc2)csc1NC(=O)Cn1c(CN2CCCC2)nc2sc3c(c2c1=O)CCCC3. The molecule has 4 heterocycles. The first-order valence-electron chi connectivity index (χ1n) is 14.0. The monoisotopic (exact) mass is 610 g/mol. The quantitative estimate of drug-likeness (QED) is 0.241. The van der Waals surface area contributed by atoms with Gasteiger partial charge in [0.2, 0.25) is 5.91 Å². The van der Waals surface area contributed by atoms with Crippen LogP contribution in [0.2, 0.25) is 5.02 Å². The van der Waals surface area contributed by atoms with Gasteiger partial charge in [-0.1, -0.05) is 23.7 Å². The standard InChI is InChI=1S/C30H31ClN4O4S2/c1-2-39-30(38)26-21(18-9-11-19(31)12-10-18)17-40-27(26)33-24(36)16-35-23(15-34-13-5-6-14-34)32-28-25(29(35)37)20-7-3-4-8-22(20)41-28/h9-12,17H,2-8,13-16H2,1H3,(H,33,36). The molecule has 6 rings (SSSR count). The van der Waals surface area contributed by atoms with Gasteiger partial charge in [0.1, 0.15) is 27.8 Å². The smallest absolute Gasteiger partial charge is 0.341 e. The van der Waals surface area contributed by atoms with E-state index >= 15 is 0 Å². The maximum Gasteiger partial charge on any atom is 0.341 e. The Hall–Kier alpha value is -3.05. The van der Waals surface area contributed by atoms with Gasteiger partial charge in [0.15, 0.2) is 0 Å². The third-order valence-corrected chi connectivity index (χ3v) is 10.0. The van der Waals surface area contributed by atoms with Crippen LogP contribution in [0.5, 0.6) is 0 Å². The van der Waals surface area contributed by atoms with Gasteiger partial charge in [-0.3, -0.25) is 19.1 Å². The number of benzene rings is 1. The zero-order valence-corrected chi connectivity index (χ0v) is 25.2. The Labute approximate surface area is 250 Å². The number of aromatic nitrogens is 2. The second-order valence-corrected chi connectivity index (χ2v) is 12.8. The Morgan fingerprint density at radius 3 is 2.61 bits per heavy atom. The fourth-order valence-electron chi connectivity index (χ4n) is 5.71. The van der Waals surface area contributed by atoms with Crippen molar-refractivity contribution in [2.24, 2.45) is 0 Å². The molecule has 8 nitrogen and oxygen atoms in total. The van der Waals surface area contributed by atoms with Crippen LogP contribution in [0.3, 0.4) is 0 Å². The Kier molecular flexibility index (Phi) is 8.26. The summed E-state index contributed by atoms with van der Waals surface area (Å²) in [6.45, 7) is 4.18. The van der Waals surface area contributed by atoms with Gasteiger partial charge in [0.05, 0.1) is 18.5 Å². The van der Waals surface area contributed by atoms with Crippen molar-refractivity contribution in [2.75, 3.05) is 25.0 Å². The van der Waals surface area contributed by atoms with Crippen LogP contribution in [0.4, 0.5) is 5.00 Å². The summed E-state index contributed by atoms with van der Waals surface area (Å²) >= 11 is 8.94. The fourth-order valence-corrected chi connectivity index (χ4v) is 8.08. The van der Waals surface area contributed by atoms with Gasteiger partial charge in [-0.15, -0.1) is 22.7 Å². The summed E-state index contributed by atoms with van der Waals surface area (Å²) in [6.07, 6.45) is 6.26. The number of hydrogen-bond donors (Lipinski definition) is 1. The molecule has 1 aliphatic carbocycles. The second-order valence-electron chi connectivity index (χ2n) is 10.4. The molecular weight excluding hydrogens is 580 g/mol. The third-order valence-electron chi connectivity index (χ3n) is 7.70. The molecule has 0 unspecified atom stereocenters. The highest BCUT2D eigenvalue weighted by Crippen LogP contribution is 2.37. The number of aryl methyl sites for hydroxylation is 2. The lowest BCUT2D eigenvalue weighted by atomic mass is 9.97. The molecule has 1 fully saturated rings. The number of carbonyl (C=O) groups is 2. The highest BCUT2D eigenvalue weighted by Gasteiger charge is 2.26. The average molecular weight is 611 g/mol. The summed E-state index contributed by atoms with van der Waals surface area (Å²) in [4.78, 5) is 49.8. The molecule has 214 valence electrons. The zero-order chi connectivity index (χ0) is 28.5. The minimum absolute atomic E-state index is 0.155. The van der Waals surface area contributed by atoms with E-state index in [2.05, 4.69) is 10.2 Å². The molecule has 41 heavy (non-hydrogen) atoms. The summed E-state index contributed by atoms with van der Waals surface area (Å²) in [5, 5.41) is 6.36. The van der Waals surface area contributed by atoms with E-state index in [9.17, 15) is 14.4 Å². The minimum Gasteiger partial charge on any atom is -0.462 e. The van der Waals surface area contributed by atoms with Crippen LogP contribution in [-0.2, 0) is 35.5 Å². The Bertz CT molecular complexity index is 1670. The predicted octanol–water partition coefficient (Wildman–Crippen LogP) is 6.13. The number of carbonyl (C=O) groups excluding carboxylic acids is 2. The summed E-state index contributed by atoms with van der Waals surface area (Å²) in [6, 6.07) is 7.15. The first kappa shape index (κ1) is 28.1. The molecular formula is C30H31ClN4O4S2. The number of nitrogens with zero attached hydrogens (tertiary/aromatic N) is 3. The first-order chi connectivity index (χ1) is 19.9. The van der Waals surface area contributed by atoms with Crippen LogP contribution in [0.15, 0.2) is 34.4 Å². The van der Waals surface area contributed by atoms with Gasteiger partial charge in [-0.2, -0.15) is 0 Å². The van der Waals surface area contributed by atoms with Crippen molar-refractivity contribution in [3.8, 4) is 11.1 Å². The number of hydrogen-bond acceptors (Lipinski definition) is 8. The van der Waals surface area contributed by atoms with Gasteiger partial charge in [-0.25, -0.2) is 9.78 Å². The molecule has 1 aliphatic heterocycles. The Morgan fingerprint density at radius 2 is 1.85 bits per heavy atom. The zero-order valence-electron chi connectivity index (χ0n) is 22.8. The summed E-state index contributed by atoms with van der Waals surface area (Å²) in [5.74, 6) is -0.305. The van der Waals surface area contributed by atoms with Gasteiger partial charge < -0.3 is 10.1 Å². The van der Waals surface area contributed by atoms with E-state index in [1.807, 2.05) is 17.5 Å². The minimum atomic E-state index is -0.520. The van der Waals surface area contributed by atoms with Crippen LogP contribution in [0, 0.1) is 0 Å². The number of rotatable bonds is 8. The number of likely N-dealkylation sites (tertiary alicyclic amines) is 1. The van der Waals surface area contributed by atoms with E-state index in [0.717, 1.165) is 67.6 Å². The van der Waals surface area contributed by atoms with E-state index in [1.165, 1.54) is 20.8 Å². The normalized spacial score (nSPS) is 15.3. The lowest BCUT2D eigenvalue weighted by Gasteiger charge is -2.18. The molecule has 1 N–H and O–H groups in total. The highest BCUT2D eigenvalue weighted by molar-refractivity contribution is 7.18. The summed E-state index contributed by atoms with van der Waals surface area (Å²) in [5.41, 5.74) is 2.68. The van der Waals surface area contributed by atoms with E-state index in [1.54, 1.807) is 30.4 Å². The number of amides is 1. The molecule has 1 amide bonds. The van der Waals surface area contributed by atoms with Crippen molar-refractivity contribution >= 4 is 61.4 Å². The third kappa shape index (κ3) is 5.70. The molecule has 0 saturated carbocycles. The first-order valence-corrected chi connectivity index (χ1v) is 16.1. The highest BCUT2D eigenvalue weighted by atomic mass is 35.5. The Morgan fingerprint density at radius 1 is 1.10 bits per heavy atom. The predicted molar refractivity (Wildman–Crippen MR) is 164 cm³/mol. The van der Waals surface area contributed by atoms with Crippen LogP contribution >= 0.6 is 34.3 Å². The lowest BCUT2D eigenvalue weighted by Crippen LogP contribution is -2.34. The molecule has 3 aromatic heterocycles. The maximum absolute atomic E-state index is 14.0. The van der Waals surface area contributed by atoms with Crippen molar-refractivity contribution < 1.29 is 14.3 Å². The number of anilines is 1. The number of esters is 1. The van der Waals surface area contributed by atoms with Gasteiger partial charge >= 0.3 is 5.97 Å². The number of ether oxygens (including phenoxy) is 1. The van der Waals surface area contributed by atoms with Crippen molar-refractivity contribution in [3.05, 3.63) is 66.9 Å². The number of fused-ring (bicyclic) bond motifs is 3. The maximum atomic E-state index is 14.0. The summed E-state index contributed by atoms with van der Waals surface area (Å²) < 4.78 is 6.88. The van der Waals surface area contributed by atoms with Crippen LogP contribution in [-0.4, -0.2) is 46.0 Å². The molecule has 4 aromatic rings. The molecule has 11 heteroatoms. The Balaban J connectivity index is 1.35. The van der Waals surface area contributed by atoms with Crippen molar-refractivity contribution in [3.63, 3.8) is 0 Å². The van der Waals surface area contributed by atoms with Gasteiger partial charge in [0, 0.05) is 20.8 Å². The molecule has 0 radical (unpaired) electrons. The second kappa shape index (κ2) is 12.1. The molecule has 1 aromatic carbocycles. The van der Waals surface area contributed by atoms with E-state index in [0.29, 0.717) is 33.3 Å². The molecule has 2 aliphatic rings. The number of halogens is 1. The van der Waals surface area contributed by atoms with E-state index < -0.39 is 11.9 Å². The van der Waals surface area contributed by atoms with Crippen molar-refractivity contribution in [2.45, 2.75) is 58.5 Å². The van der Waals surface area contributed by atoms with Crippen LogP contribution in [0.1, 0.15) is 59.2 Å². The van der Waals surface area contributed by atoms with Crippen molar-refractivity contribution in [1.82, 2.24) is 14.5 Å². The topological polar surface area (TPSA) is 93.5 Å². The van der Waals surface area contributed by atoms with E-state index in [4.69, 9.17) is 21.3 Å². The average Bonchev–Trinajstić information content (AvgIpc) is 3.70. The number of nitrogens with one attached hydrogen (secondary N) is 1. The lowest BCUT2D eigenvalue weighted by molar-refractivity contribution is -0.116. The van der Waals surface area contributed by atoms with Gasteiger partial charge in [0.25, 0.3) is 5.56 Å². The summed E-state index contributed by atoms with van der Waals surface area (Å²) in [7, 11) is 0. The van der Waals surface area contributed by atoms with Gasteiger partial charge in [-0.05, 0) is 81.8 Å². The van der Waals surface area contributed by atoms with Crippen LogP contribution in [0.25, 0.3) is 21.3 Å². The van der Waals surface area contributed by atoms with Crippen LogP contribution < -0.4 is 10.9 Å². The molecule has 0 bridgehead atoms. The number of thiophene rings is 2. The van der Waals surface area contributed by atoms with Crippen molar-refractivity contribution in [1.29, 1.82) is 0 Å².